The zero-order valence-corrected chi connectivity index (χ0v) is 12.9. The molecule has 2 aromatic rings. The Morgan fingerprint density at radius 2 is 1.63 bits per heavy atom. The minimum absolute atomic E-state index is 0.254. The average Bonchev–Trinajstić information content (AvgIpc) is 2.40. The van der Waals surface area contributed by atoms with E-state index >= 15 is 0 Å². The number of aryl methyl sites for hydroxylation is 1. The van der Waals surface area contributed by atoms with Crippen LogP contribution < -0.4 is 5.73 Å². The molecule has 0 fully saturated rings. The molecule has 1 unspecified atom stereocenters. The van der Waals surface area contributed by atoms with Crippen LogP contribution in [-0.2, 0) is 12.0 Å². The number of hydrogen-bond donors (Lipinski definition) is 1. The molecule has 2 heteroatoms. The van der Waals surface area contributed by atoms with Gasteiger partial charge in [0.25, 0.3) is 0 Å². The van der Waals surface area contributed by atoms with E-state index in [0.717, 1.165) is 23.7 Å². The van der Waals surface area contributed by atoms with Crippen molar-refractivity contribution >= 4 is 15.9 Å². The van der Waals surface area contributed by atoms with Crippen LogP contribution in [0.2, 0.25) is 0 Å². The van der Waals surface area contributed by atoms with Crippen LogP contribution in [-0.4, -0.2) is 0 Å². The molecule has 2 rings (SSSR count). The molecule has 0 aliphatic rings. The number of halogens is 1. The van der Waals surface area contributed by atoms with Gasteiger partial charge in [0.05, 0.1) is 0 Å². The molecule has 0 aromatic heterocycles. The topological polar surface area (TPSA) is 26.0 Å². The minimum Gasteiger partial charge on any atom is -0.322 e. The zero-order chi connectivity index (χ0) is 13.7. The van der Waals surface area contributed by atoms with Gasteiger partial charge in [0.15, 0.2) is 0 Å². The summed E-state index contributed by atoms with van der Waals surface area (Å²) in [6, 6.07) is 18.9. The Bertz CT molecular complexity index is 503. The van der Waals surface area contributed by atoms with Gasteiger partial charge in [0.1, 0.15) is 0 Å². The van der Waals surface area contributed by atoms with Crippen molar-refractivity contribution in [1.82, 2.24) is 0 Å². The predicted octanol–water partition coefficient (Wildman–Crippen LogP) is 4.65. The highest BCUT2D eigenvalue weighted by atomic mass is 79.9. The Morgan fingerprint density at radius 1 is 1.00 bits per heavy atom. The molecule has 19 heavy (non-hydrogen) atoms. The third kappa shape index (κ3) is 4.19. The van der Waals surface area contributed by atoms with Gasteiger partial charge in [-0.05, 0) is 49.4 Å². The van der Waals surface area contributed by atoms with Crippen molar-refractivity contribution in [3.63, 3.8) is 0 Å². The molecule has 0 saturated carbocycles. The summed E-state index contributed by atoms with van der Waals surface area (Å²) < 4.78 is 1.09. The van der Waals surface area contributed by atoms with E-state index in [-0.39, 0.29) is 5.54 Å². The summed E-state index contributed by atoms with van der Waals surface area (Å²) in [6.45, 7) is 2.11. The third-order valence-corrected chi connectivity index (χ3v) is 4.04. The lowest BCUT2D eigenvalue weighted by atomic mass is 9.87. The third-order valence-electron chi connectivity index (χ3n) is 3.51. The summed E-state index contributed by atoms with van der Waals surface area (Å²) >= 11 is 3.45. The molecule has 2 aromatic carbocycles. The lowest BCUT2D eigenvalue weighted by Crippen LogP contribution is -2.32. The normalized spacial score (nSPS) is 14.1. The van der Waals surface area contributed by atoms with E-state index in [4.69, 9.17) is 5.73 Å². The van der Waals surface area contributed by atoms with E-state index in [1.807, 2.05) is 0 Å². The van der Waals surface area contributed by atoms with Crippen LogP contribution in [0.5, 0.6) is 0 Å². The highest BCUT2D eigenvalue weighted by molar-refractivity contribution is 9.10. The van der Waals surface area contributed by atoms with E-state index < -0.39 is 0 Å². The minimum atomic E-state index is -0.254. The Labute approximate surface area is 124 Å². The Kier molecular flexibility index (Phi) is 4.78. The van der Waals surface area contributed by atoms with Gasteiger partial charge in [0, 0.05) is 10.0 Å². The van der Waals surface area contributed by atoms with Gasteiger partial charge in [-0.3, -0.25) is 0 Å². The quantitative estimate of drug-likeness (QED) is 0.853. The van der Waals surface area contributed by atoms with E-state index in [1.54, 1.807) is 0 Å². The van der Waals surface area contributed by atoms with Gasteiger partial charge >= 0.3 is 0 Å². The SMILES string of the molecule is CC(N)(CCCc1ccccc1)c1ccc(Br)cc1. The molecule has 2 N–H and O–H groups in total. The van der Waals surface area contributed by atoms with Crippen LogP contribution in [0.1, 0.15) is 30.9 Å². The van der Waals surface area contributed by atoms with Gasteiger partial charge < -0.3 is 5.73 Å². The fourth-order valence-electron chi connectivity index (χ4n) is 2.28. The van der Waals surface area contributed by atoms with Crippen LogP contribution in [0, 0.1) is 0 Å². The maximum Gasteiger partial charge on any atom is 0.0381 e. The molecule has 0 radical (unpaired) electrons. The van der Waals surface area contributed by atoms with Gasteiger partial charge in [-0.2, -0.15) is 0 Å². The molecule has 0 spiro atoms. The first-order valence-electron chi connectivity index (χ1n) is 6.67. The van der Waals surface area contributed by atoms with Crippen LogP contribution >= 0.6 is 15.9 Å². The Hall–Kier alpha value is -1.12. The van der Waals surface area contributed by atoms with Crippen molar-refractivity contribution in [3.8, 4) is 0 Å². The van der Waals surface area contributed by atoms with E-state index in [1.165, 1.54) is 11.1 Å². The van der Waals surface area contributed by atoms with Crippen LogP contribution in [0.15, 0.2) is 59.1 Å². The summed E-state index contributed by atoms with van der Waals surface area (Å²) in [5.41, 5.74) is 8.76. The molecule has 0 amide bonds. The monoisotopic (exact) mass is 317 g/mol. The molecule has 1 atom stereocenters. The van der Waals surface area contributed by atoms with Crippen LogP contribution in [0.3, 0.4) is 0 Å². The number of nitrogens with two attached hydrogens (primary N) is 1. The molecule has 0 aliphatic heterocycles. The van der Waals surface area contributed by atoms with Crippen LogP contribution in [0.25, 0.3) is 0 Å². The largest absolute Gasteiger partial charge is 0.322 e. The maximum atomic E-state index is 6.44. The first kappa shape index (κ1) is 14.3. The molecule has 0 heterocycles. The average molecular weight is 318 g/mol. The number of rotatable bonds is 5. The van der Waals surface area contributed by atoms with Crippen molar-refractivity contribution < 1.29 is 0 Å². The van der Waals surface area contributed by atoms with Crippen molar-refractivity contribution in [2.45, 2.75) is 31.7 Å². The lowest BCUT2D eigenvalue weighted by molar-refractivity contribution is 0.436. The highest BCUT2D eigenvalue weighted by Gasteiger charge is 2.20. The summed E-state index contributed by atoms with van der Waals surface area (Å²) in [5, 5.41) is 0. The predicted molar refractivity (Wildman–Crippen MR) is 85.1 cm³/mol. The fourth-order valence-corrected chi connectivity index (χ4v) is 2.54. The van der Waals surface area contributed by atoms with Gasteiger partial charge in [-0.1, -0.05) is 58.4 Å². The first-order chi connectivity index (χ1) is 9.08. The van der Waals surface area contributed by atoms with Crippen molar-refractivity contribution in [2.24, 2.45) is 5.73 Å². The standard InChI is InChI=1S/C17H20BrN/c1-17(19,15-9-11-16(18)12-10-15)13-5-8-14-6-3-2-4-7-14/h2-4,6-7,9-12H,5,8,13,19H2,1H3. The lowest BCUT2D eigenvalue weighted by Gasteiger charge is -2.25. The smallest absolute Gasteiger partial charge is 0.0381 e. The second-order valence-corrected chi connectivity index (χ2v) is 6.18. The maximum absolute atomic E-state index is 6.44. The second-order valence-electron chi connectivity index (χ2n) is 5.26. The Balaban J connectivity index is 1.92. The van der Waals surface area contributed by atoms with Crippen molar-refractivity contribution in [1.29, 1.82) is 0 Å². The summed E-state index contributed by atoms with van der Waals surface area (Å²) in [5.74, 6) is 0. The summed E-state index contributed by atoms with van der Waals surface area (Å²) in [6.07, 6.45) is 3.18. The van der Waals surface area contributed by atoms with Gasteiger partial charge in [-0.25, -0.2) is 0 Å². The summed E-state index contributed by atoms with van der Waals surface area (Å²) in [7, 11) is 0. The molecule has 100 valence electrons. The van der Waals surface area contributed by atoms with Crippen molar-refractivity contribution in [3.05, 3.63) is 70.2 Å². The molecular weight excluding hydrogens is 298 g/mol. The Morgan fingerprint density at radius 3 is 2.26 bits per heavy atom. The molecular formula is C17H20BrN. The second kappa shape index (κ2) is 6.36. The zero-order valence-electron chi connectivity index (χ0n) is 11.3. The van der Waals surface area contributed by atoms with Crippen molar-refractivity contribution in [2.75, 3.05) is 0 Å². The molecule has 0 aliphatic carbocycles. The van der Waals surface area contributed by atoms with E-state index in [2.05, 4.69) is 77.5 Å². The van der Waals surface area contributed by atoms with E-state index in [0.29, 0.717) is 0 Å². The van der Waals surface area contributed by atoms with Crippen LogP contribution in [0.4, 0.5) is 0 Å². The number of hydrogen-bond acceptors (Lipinski definition) is 1. The van der Waals surface area contributed by atoms with Gasteiger partial charge in [-0.15, -0.1) is 0 Å². The fraction of sp³-hybridized carbons (Fsp3) is 0.294. The molecule has 1 nitrogen and oxygen atoms in total. The first-order valence-corrected chi connectivity index (χ1v) is 7.46. The highest BCUT2D eigenvalue weighted by Crippen LogP contribution is 2.25. The molecule has 0 saturated heterocycles. The van der Waals surface area contributed by atoms with Gasteiger partial charge in [0.2, 0.25) is 0 Å². The number of benzene rings is 2. The summed E-state index contributed by atoms with van der Waals surface area (Å²) in [4.78, 5) is 0. The van der Waals surface area contributed by atoms with E-state index in [9.17, 15) is 0 Å². The molecule has 0 bridgehead atoms.